The number of halogens is 1. The molecule has 1 aromatic heterocycles. The van der Waals surface area contributed by atoms with Gasteiger partial charge in [-0.05, 0) is 85.8 Å². The Labute approximate surface area is 227 Å². The molecule has 5 rings (SSSR count). The van der Waals surface area contributed by atoms with Crippen molar-refractivity contribution in [1.82, 2.24) is 4.98 Å². The molecule has 2 aromatic carbocycles. The summed E-state index contributed by atoms with van der Waals surface area (Å²) in [5, 5.41) is 11.2. The quantitative estimate of drug-likeness (QED) is 0.322. The molecular weight excluding hydrogens is 504 g/mol. The van der Waals surface area contributed by atoms with Crippen molar-refractivity contribution >= 4 is 40.1 Å². The SMILES string of the molecule is Cc1cc(CC(=O)O)cc(OCCC2(Cc3ccccc3)CCN(c3nc4c(s3)C=C(Cl)CC4)CC2)c1. The number of aryl methyl sites for hydroxylation is 2. The standard InChI is InChI=1S/C30H33ClN2O3S/c1-21-15-23(18-28(34)35)17-25(16-21)36-14-11-30(20-22-5-3-2-4-6-22)9-12-33(13-10-30)29-32-26-8-7-24(31)19-27(26)37-29/h2-6,15-17,19H,7-14,18,20H2,1H3,(H,34,35). The molecule has 2 aliphatic rings. The van der Waals surface area contributed by atoms with Gasteiger partial charge in [-0.2, -0.15) is 0 Å². The van der Waals surface area contributed by atoms with Crippen LogP contribution in [0.15, 0.2) is 53.6 Å². The predicted octanol–water partition coefficient (Wildman–Crippen LogP) is 6.90. The molecule has 7 heteroatoms. The zero-order chi connectivity index (χ0) is 25.8. The van der Waals surface area contributed by atoms with Crippen LogP contribution in [0.5, 0.6) is 5.75 Å². The van der Waals surface area contributed by atoms with Gasteiger partial charge < -0.3 is 14.7 Å². The van der Waals surface area contributed by atoms with Crippen molar-refractivity contribution in [2.24, 2.45) is 5.41 Å². The third-order valence-corrected chi connectivity index (χ3v) is 8.89. The van der Waals surface area contributed by atoms with Crippen molar-refractivity contribution in [2.75, 3.05) is 24.6 Å². The Bertz CT molecular complexity index is 1280. The van der Waals surface area contributed by atoms with Crippen LogP contribution in [0.3, 0.4) is 0 Å². The van der Waals surface area contributed by atoms with E-state index in [1.54, 1.807) is 11.3 Å². The van der Waals surface area contributed by atoms with E-state index >= 15 is 0 Å². The molecule has 1 N–H and O–H groups in total. The first kappa shape index (κ1) is 25.8. The van der Waals surface area contributed by atoms with E-state index < -0.39 is 5.97 Å². The van der Waals surface area contributed by atoms with Gasteiger partial charge in [0.25, 0.3) is 0 Å². The fraction of sp³-hybridized carbons (Fsp3) is 0.400. The normalized spacial score (nSPS) is 16.7. The van der Waals surface area contributed by atoms with Gasteiger partial charge in [0.1, 0.15) is 5.75 Å². The molecule has 0 unspecified atom stereocenters. The number of thiazole rings is 1. The molecule has 1 aliphatic heterocycles. The van der Waals surface area contributed by atoms with Crippen LogP contribution >= 0.6 is 22.9 Å². The van der Waals surface area contributed by atoms with E-state index in [0.717, 1.165) is 78.7 Å². The highest BCUT2D eigenvalue weighted by atomic mass is 35.5. The number of ether oxygens (including phenoxy) is 1. The van der Waals surface area contributed by atoms with Gasteiger partial charge in [-0.25, -0.2) is 4.98 Å². The van der Waals surface area contributed by atoms with E-state index in [-0.39, 0.29) is 11.8 Å². The Hall–Kier alpha value is -2.83. The average molecular weight is 537 g/mol. The first-order valence-corrected chi connectivity index (χ1v) is 14.2. The van der Waals surface area contributed by atoms with E-state index in [0.29, 0.717) is 6.61 Å². The molecule has 1 saturated heterocycles. The average Bonchev–Trinajstić information content (AvgIpc) is 3.27. The number of benzene rings is 2. The Morgan fingerprint density at radius 1 is 1.14 bits per heavy atom. The Balaban J connectivity index is 1.27. The summed E-state index contributed by atoms with van der Waals surface area (Å²) < 4.78 is 6.22. The number of aromatic nitrogens is 1. The fourth-order valence-corrected chi connectivity index (χ4v) is 6.92. The van der Waals surface area contributed by atoms with Crippen LogP contribution in [0.25, 0.3) is 6.08 Å². The van der Waals surface area contributed by atoms with Crippen LogP contribution < -0.4 is 9.64 Å². The molecule has 0 atom stereocenters. The summed E-state index contributed by atoms with van der Waals surface area (Å²) >= 11 is 8.03. The number of carboxylic acids is 1. The molecule has 37 heavy (non-hydrogen) atoms. The zero-order valence-corrected chi connectivity index (χ0v) is 22.8. The summed E-state index contributed by atoms with van der Waals surface area (Å²) in [6, 6.07) is 16.5. The molecule has 0 saturated carbocycles. The van der Waals surface area contributed by atoms with Gasteiger partial charge in [-0.3, -0.25) is 4.79 Å². The molecule has 0 radical (unpaired) electrons. The predicted molar refractivity (Wildman–Crippen MR) is 151 cm³/mol. The van der Waals surface area contributed by atoms with Gasteiger partial charge in [0.05, 0.1) is 23.6 Å². The highest BCUT2D eigenvalue weighted by Crippen LogP contribution is 2.42. The summed E-state index contributed by atoms with van der Waals surface area (Å²) in [6.07, 6.45) is 8.02. The van der Waals surface area contributed by atoms with Crippen molar-refractivity contribution < 1.29 is 14.6 Å². The zero-order valence-electron chi connectivity index (χ0n) is 21.2. The number of carboxylic acid groups (broad SMARTS) is 1. The minimum Gasteiger partial charge on any atom is -0.494 e. The van der Waals surface area contributed by atoms with Gasteiger partial charge in [-0.1, -0.05) is 59.3 Å². The van der Waals surface area contributed by atoms with Crippen LogP contribution in [0.4, 0.5) is 5.13 Å². The van der Waals surface area contributed by atoms with E-state index in [2.05, 4.69) is 41.3 Å². The fourth-order valence-electron chi connectivity index (χ4n) is 5.52. The smallest absolute Gasteiger partial charge is 0.307 e. The lowest BCUT2D eigenvalue weighted by Crippen LogP contribution is -2.42. The minimum absolute atomic E-state index is 0.00794. The number of rotatable bonds is 9. The summed E-state index contributed by atoms with van der Waals surface area (Å²) in [4.78, 5) is 19.8. The Kier molecular flexibility index (Phi) is 7.87. The van der Waals surface area contributed by atoms with Crippen LogP contribution in [-0.4, -0.2) is 35.8 Å². The van der Waals surface area contributed by atoms with E-state index in [1.807, 2.05) is 25.1 Å². The van der Waals surface area contributed by atoms with Gasteiger partial charge in [0, 0.05) is 18.1 Å². The Morgan fingerprint density at radius 3 is 2.68 bits per heavy atom. The molecule has 194 valence electrons. The topological polar surface area (TPSA) is 62.7 Å². The second-order valence-electron chi connectivity index (χ2n) is 10.4. The highest BCUT2D eigenvalue weighted by Gasteiger charge is 2.36. The second kappa shape index (κ2) is 11.3. The molecule has 1 fully saturated rings. The van der Waals surface area contributed by atoms with Crippen molar-refractivity contribution in [3.05, 3.63) is 80.8 Å². The number of anilines is 1. The van der Waals surface area contributed by atoms with Crippen LogP contribution in [-0.2, 0) is 24.1 Å². The molecule has 0 bridgehead atoms. The molecule has 3 aromatic rings. The lowest BCUT2D eigenvalue weighted by Gasteiger charge is -2.42. The van der Waals surface area contributed by atoms with Gasteiger partial charge >= 0.3 is 5.97 Å². The second-order valence-corrected chi connectivity index (χ2v) is 11.9. The molecule has 0 amide bonds. The Morgan fingerprint density at radius 2 is 1.92 bits per heavy atom. The number of piperidine rings is 1. The first-order chi connectivity index (χ1) is 17.9. The number of carbonyl (C=O) groups is 1. The highest BCUT2D eigenvalue weighted by molar-refractivity contribution is 7.16. The summed E-state index contributed by atoms with van der Waals surface area (Å²) in [6.45, 7) is 4.54. The van der Waals surface area contributed by atoms with Gasteiger partial charge in [0.2, 0.25) is 0 Å². The lowest BCUT2D eigenvalue weighted by atomic mass is 9.71. The number of nitrogens with zero attached hydrogens (tertiary/aromatic N) is 2. The van der Waals surface area contributed by atoms with Crippen molar-refractivity contribution in [3.8, 4) is 5.75 Å². The number of hydrogen-bond acceptors (Lipinski definition) is 5. The van der Waals surface area contributed by atoms with Gasteiger partial charge in [-0.15, -0.1) is 0 Å². The minimum atomic E-state index is -0.828. The van der Waals surface area contributed by atoms with Crippen molar-refractivity contribution in [3.63, 3.8) is 0 Å². The first-order valence-electron chi connectivity index (χ1n) is 13.0. The summed E-state index contributed by atoms with van der Waals surface area (Å²) in [7, 11) is 0. The van der Waals surface area contributed by atoms with Crippen LogP contribution in [0, 0.1) is 12.3 Å². The maximum atomic E-state index is 11.2. The maximum Gasteiger partial charge on any atom is 0.307 e. The van der Waals surface area contributed by atoms with Crippen molar-refractivity contribution in [1.29, 1.82) is 0 Å². The van der Waals surface area contributed by atoms with E-state index in [1.165, 1.54) is 16.1 Å². The molecule has 0 spiro atoms. The van der Waals surface area contributed by atoms with Gasteiger partial charge in [0.15, 0.2) is 5.13 Å². The van der Waals surface area contributed by atoms with E-state index in [9.17, 15) is 9.90 Å². The molecule has 1 aliphatic carbocycles. The lowest BCUT2D eigenvalue weighted by molar-refractivity contribution is -0.136. The third-order valence-electron chi connectivity index (χ3n) is 7.49. The largest absolute Gasteiger partial charge is 0.494 e. The third kappa shape index (κ3) is 6.55. The van der Waals surface area contributed by atoms with E-state index in [4.69, 9.17) is 21.3 Å². The molecule has 5 nitrogen and oxygen atoms in total. The van der Waals surface area contributed by atoms with Crippen LogP contribution in [0.1, 0.15) is 52.9 Å². The maximum absolute atomic E-state index is 11.2. The monoisotopic (exact) mass is 536 g/mol. The number of aliphatic carboxylic acids is 1. The number of allylic oxidation sites excluding steroid dienone is 1. The molecule has 2 heterocycles. The number of hydrogen-bond donors (Lipinski definition) is 1. The van der Waals surface area contributed by atoms with Crippen LogP contribution in [0.2, 0.25) is 0 Å². The number of fused-ring (bicyclic) bond motifs is 1. The molecular formula is C30H33ClN2O3S. The summed E-state index contributed by atoms with van der Waals surface area (Å²) in [5.41, 5.74) is 4.48. The summed E-state index contributed by atoms with van der Waals surface area (Å²) in [5.74, 6) is -0.0750. The van der Waals surface area contributed by atoms with Crippen molar-refractivity contribution in [2.45, 2.75) is 51.9 Å².